The summed E-state index contributed by atoms with van der Waals surface area (Å²) in [5.74, 6) is 1.51. The maximum atomic E-state index is 5.72. The van der Waals surface area contributed by atoms with E-state index < -0.39 is 0 Å². The van der Waals surface area contributed by atoms with Crippen LogP contribution < -0.4 is 5.73 Å². The van der Waals surface area contributed by atoms with Gasteiger partial charge >= 0.3 is 0 Å². The van der Waals surface area contributed by atoms with Crippen molar-refractivity contribution in [3.05, 3.63) is 12.4 Å². The van der Waals surface area contributed by atoms with Crippen molar-refractivity contribution in [1.29, 1.82) is 0 Å². The first-order chi connectivity index (χ1) is 7.25. The maximum absolute atomic E-state index is 5.72. The molecule has 0 aliphatic carbocycles. The molecule has 1 aromatic heterocycles. The van der Waals surface area contributed by atoms with E-state index in [2.05, 4.69) is 16.9 Å². The van der Waals surface area contributed by atoms with Gasteiger partial charge in [-0.3, -0.25) is 0 Å². The number of piperidine rings is 1. The molecule has 2 rings (SSSR count). The van der Waals surface area contributed by atoms with Gasteiger partial charge in [0.25, 0.3) is 0 Å². The topological polar surface area (TPSA) is 47.1 Å². The number of anilines is 1. The molecular formula is C11H20N4. The Morgan fingerprint density at radius 1 is 1.47 bits per heavy atom. The van der Waals surface area contributed by atoms with Crippen LogP contribution in [0.15, 0.2) is 12.4 Å². The summed E-state index contributed by atoms with van der Waals surface area (Å²) in [6, 6.07) is 0. The van der Waals surface area contributed by atoms with Crippen LogP contribution in [-0.4, -0.2) is 34.6 Å². The number of likely N-dealkylation sites (tertiary alicyclic amines) is 1. The van der Waals surface area contributed by atoms with E-state index in [0.717, 1.165) is 12.5 Å². The largest absolute Gasteiger partial charge is 0.369 e. The second-order valence-corrected chi connectivity index (χ2v) is 4.51. The number of rotatable bonds is 3. The number of aromatic nitrogens is 2. The minimum absolute atomic E-state index is 0.642. The summed E-state index contributed by atoms with van der Waals surface area (Å²) < 4.78 is 2.04. The van der Waals surface area contributed by atoms with Gasteiger partial charge in [0.1, 0.15) is 0 Å². The SMILES string of the molecule is CN1CCC(CCn2ccnc2N)CC1. The van der Waals surface area contributed by atoms with Gasteiger partial charge in [-0.15, -0.1) is 0 Å². The molecule has 1 fully saturated rings. The molecule has 15 heavy (non-hydrogen) atoms. The number of hydrogen-bond acceptors (Lipinski definition) is 3. The number of nitrogen functional groups attached to an aromatic ring is 1. The van der Waals surface area contributed by atoms with Crippen molar-refractivity contribution in [2.45, 2.75) is 25.8 Å². The Balaban J connectivity index is 1.77. The van der Waals surface area contributed by atoms with Crippen molar-refractivity contribution in [2.75, 3.05) is 25.9 Å². The van der Waals surface area contributed by atoms with Crippen molar-refractivity contribution < 1.29 is 0 Å². The molecule has 0 saturated carbocycles. The van der Waals surface area contributed by atoms with Gasteiger partial charge < -0.3 is 15.2 Å². The van der Waals surface area contributed by atoms with Crippen LogP contribution >= 0.6 is 0 Å². The first kappa shape index (κ1) is 10.5. The van der Waals surface area contributed by atoms with Crippen LogP contribution in [0.4, 0.5) is 5.95 Å². The lowest BCUT2D eigenvalue weighted by Gasteiger charge is -2.28. The van der Waals surface area contributed by atoms with Crippen molar-refractivity contribution in [2.24, 2.45) is 5.92 Å². The average Bonchev–Trinajstić information content (AvgIpc) is 2.63. The van der Waals surface area contributed by atoms with Crippen LogP contribution in [0.25, 0.3) is 0 Å². The smallest absolute Gasteiger partial charge is 0.200 e. The Morgan fingerprint density at radius 3 is 2.80 bits per heavy atom. The minimum atomic E-state index is 0.642. The van der Waals surface area contributed by atoms with Crippen molar-refractivity contribution in [3.8, 4) is 0 Å². The van der Waals surface area contributed by atoms with Crippen molar-refractivity contribution >= 4 is 5.95 Å². The third-order valence-electron chi connectivity index (χ3n) is 3.36. The van der Waals surface area contributed by atoms with E-state index in [1.807, 2.05) is 10.8 Å². The average molecular weight is 208 g/mol. The summed E-state index contributed by atoms with van der Waals surface area (Å²) in [5.41, 5.74) is 5.72. The first-order valence-electron chi connectivity index (χ1n) is 5.71. The Labute approximate surface area is 91.1 Å². The fraction of sp³-hybridized carbons (Fsp3) is 0.727. The molecule has 2 heterocycles. The van der Waals surface area contributed by atoms with Crippen molar-refractivity contribution in [1.82, 2.24) is 14.5 Å². The maximum Gasteiger partial charge on any atom is 0.200 e. The predicted octanol–water partition coefficient (Wildman–Crippen LogP) is 1.20. The van der Waals surface area contributed by atoms with Gasteiger partial charge in [0.05, 0.1) is 0 Å². The second kappa shape index (κ2) is 4.66. The second-order valence-electron chi connectivity index (χ2n) is 4.51. The molecule has 84 valence electrons. The van der Waals surface area contributed by atoms with Crippen LogP contribution in [-0.2, 0) is 6.54 Å². The Bertz CT molecular complexity index is 299. The number of imidazole rings is 1. The van der Waals surface area contributed by atoms with Gasteiger partial charge in [-0.05, 0) is 45.3 Å². The molecule has 0 bridgehead atoms. The molecule has 0 unspecified atom stereocenters. The highest BCUT2D eigenvalue weighted by molar-refractivity contribution is 5.16. The standard InChI is InChI=1S/C11H20N4/c1-14-6-2-10(3-7-14)4-8-15-9-5-13-11(15)12/h5,9-10H,2-4,6-8H2,1H3,(H2,12,13). The van der Waals surface area contributed by atoms with E-state index in [4.69, 9.17) is 5.73 Å². The molecule has 2 N–H and O–H groups in total. The molecule has 1 saturated heterocycles. The Morgan fingerprint density at radius 2 is 2.20 bits per heavy atom. The van der Waals surface area contributed by atoms with Crippen LogP contribution in [0.3, 0.4) is 0 Å². The van der Waals surface area contributed by atoms with Gasteiger partial charge in [-0.1, -0.05) is 0 Å². The summed E-state index contributed by atoms with van der Waals surface area (Å²) in [4.78, 5) is 6.43. The predicted molar refractivity (Wildman–Crippen MR) is 61.5 cm³/mol. The molecule has 1 aromatic rings. The van der Waals surface area contributed by atoms with Gasteiger partial charge in [0.2, 0.25) is 0 Å². The van der Waals surface area contributed by atoms with Gasteiger partial charge in [0, 0.05) is 18.9 Å². The molecular weight excluding hydrogens is 188 g/mol. The van der Waals surface area contributed by atoms with Gasteiger partial charge in [0.15, 0.2) is 5.95 Å². The van der Waals surface area contributed by atoms with E-state index in [-0.39, 0.29) is 0 Å². The molecule has 0 spiro atoms. The summed E-state index contributed by atoms with van der Waals surface area (Å²) in [6.45, 7) is 3.49. The lowest BCUT2D eigenvalue weighted by Crippen LogP contribution is -2.30. The zero-order chi connectivity index (χ0) is 10.7. The normalized spacial score (nSPS) is 19.5. The van der Waals surface area contributed by atoms with Crippen LogP contribution in [0.2, 0.25) is 0 Å². The monoisotopic (exact) mass is 208 g/mol. The highest BCUT2D eigenvalue weighted by atomic mass is 15.1. The van der Waals surface area contributed by atoms with Crippen LogP contribution in [0.1, 0.15) is 19.3 Å². The lowest BCUT2D eigenvalue weighted by molar-refractivity contribution is 0.208. The van der Waals surface area contributed by atoms with Crippen molar-refractivity contribution in [3.63, 3.8) is 0 Å². The third-order valence-corrected chi connectivity index (χ3v) is 3.36. The molecule has 4 heteroatoms. The zero-order valence-corrected chi connectivity index (χ0v) is 9.39. The number of aryl methyl sites for hydroxylation is 1. The van der Waals surface area contributed by atoms with Crippen LogP contribution in [0.5, 0.6) is 0 Å². The molecule has 0 amide bonds. The molecule has 0 atom stereocenters. The highest BCUT2D eigenvalue weighted by Crippen LogP contribution is 2.20. The third kappa shape index (κ3) is 2.72. The van der Waals surface area contributed by atoms with Gasteiger partial charge in [-0.2, -0.15) is 0 Å². The molecule has 4 nitrogen and oxygen atoms in total. The van der Waals surface area contributed by atoms with E-state index >= 15 is 0 Å². The summed E-state index contributed by atoms with van der Waals surface area (Å²) in [7, 11) is 2.20. The summed E-state index contributed by atoms with van der Waals surface area (Å²) in [6.07, 6.45) is 7.61. The minimum Gasteiger partial charge on any atom is -0.369 e. The fourth-order valence-electron chi connectivity index (χ4n) is 2.20. The number of hydrogen-bond donors (Lipinski definition) is 1. The summed E-state index contributed by atoms with van der Waals surface area (Å²) in [5, 5.41) is 0. The van der Waals surface area contributed by atoms with E-state index in [0.29, 0.717) is 5.95 Å². The molecule has 0 radical (unpaired) electrons. The first-order valence-corrected chi connectivity index (χ1v) is 5.71. The lowest BCUT2D eigenvalue weighted by atomic mass is 9.94. The Kier molecular flexibility index (Phi) is 3.26. The molecule has 0 aromatic carbocycles. The number of nitrogens with zero attached hydrogens (tertiary/aromatic N) is 3. The van der Waals surface area contributed by atoms with Gasteiger partial charge in [-0.25, -0.2) is 4.98 Å². The molecule has 1 aliphatic rings. The van der Waals surface area contributed by atoms with E-state index in [1.54, 1.807) is 6.20 Å². The van der Waals surface area contributed by atoms with E-state index in [1.165, 1.54) is 32.4 Å². The fourth-order valence-corrected chi connectivity index (χ4v) is 2.20. The quantitative estimate of drug-likeness (QED) is 0.812. The van der Waals surface area contributed by atoms with Crippen LogP contribution in [0, 0.1) is 5.92 Å². The highest BCUT2D eigenvalue weighted by Gasteiger charge is 2.16. The summed E-state index contributed by atoms with van der Waals surface area (Å²) >= 11 is 0. The van der Waals surface area contributed by atoms with E-state index in [9.17, 15) is 0 Å². The zero-order valence-electron chi connectivity index (χ0n) is 9.39. The Hall–Kier alpha value is -1.03. The number of nitrogens with two attached hydrogens (primary N) is 1. The molecule has 1 aliphatic heterocycles.